The van der Waals surface area contributed by atoms with E-state index in [9.17, 15) is 4.79 Å². The smallest absolute Gasteiger partial charge is 0.317 e. The monoisotopic (exact) mass is 542 g/mol. The van der Waals surface area contributed by atoms with Crippen molar-refractivity contribution in [1.29, 1.82) is 0 Å². The molecule has 0 saturated heterocycles. The molecule has 0 radical (unpaired) electrons. The predicted octanol–water partition coefficient (Wildman–Crippen LogP) is 10.1. The molecule has 2 unspecified atom stereocenters. The zero-order chi connectivity index (χ0) is 28.7. The van der Waals surface area contributed by atoms with Crippen molar-refractivity contribution >= 4 is 5.97 Å². The second-order valence-corrected chi connectivity index (χ2v) is 14.7. The summed E-state index contributed by atoms with van der Waals surface area (Å²) in [7, 11) is 0. The van der Waals surface area contributed by atoms with Crippen LogP contribution in [0.4, 0.5) is 0 Å². The van der Waals surface area contributed by atoms with Gasteiger partial charge in [-0.25, -0.2) is 0 Å². The SMILES string of the molecule is CCCC(C)(C(=O)Oc1ccc(OC(CC(C2CCCCC2)C2CCCCC2)OC(C)(C)C)cc1)C(C)(C)C. The van der Waals surface area contributed by atoms with Gasteiger partial charge in [-0.15, -0.1) is 0 Å². The van der Waals surface area contributed by atoms with E-state index in [4.69, 9.17) is 14.2 Å². The molecule has 2 fully saturated rings. The van der Waals surface area contributed by atoms with E-state index < -0.39 is 5.41 Å². The Morgan fingerprint density at radius 2 is 1.28 bits per heavy atom. The number of esters is 1. The first-order chi connectivity index (χ1) is 18.3. The Bertz CT molecular complexity index is 847. The first-order valence-corrected chi connectivity index (χ1v) is 16.0. The number of benzene rings is 1. The standard InChI is InChI=1S/C35H58O4/c1-9-24-35(8,33(2,3)4)32(36)38-29-22-20-28(21-23-29)37-31(39-34(5,6)7)25-30(26-16-12-10-13-17-26)27-18-14-11-15-19-27/h20-23,26-27,30-31H,9-19,24-25H2,1-8H3. The van der Waals surface area contributed by atoms with Crippen molar-refractivity contribution < 1.29 is 19.0 Å². The lowest BCUT2D eigenvalue weighted by atomic mass is 9.65. The fraction of sp³-hybridized carbons (Fsp3) is 0.800. The lowest BCUT2D eigenvalue weighted by Crippen LogP contribution is -2.43. The van der Waals surface area contributed by atoms with Crippen molar-refractivity contribution in [2.45, 2.75) is 151 Å². The van der Waals surface area contributed by atoms with Crippen LogP contribution in [0.3, 0.4) is 0 Å². The maximum atomic E-state index is 13.2. The highest BCUT2D eigenvalue weighted by molar-refractivity contribution is 5.79. The van der Waals surface area contributed by atoms with Crippen LogP contribution in [0.1, 0.15) is 139 Å². The molecule has 0 heterocycles. The minimum absolute atomic E-state index is 0.165. The molecule has 222 valence electrons. The van der Waals surface area contributed by atoms with Gasteiger partial charge in [-0.1, -0.05) is 98.3 Å². The van der Waals surface area contributed by atoms with E-state index in [0.29, 0.717) is 11.7 Å². The van der Waals surface area contributed by atoms with Gasteiger partial charge in [-0.2, -0.15) is 0 Å². The minimum atomic E-state index is -0.546. The molecule has 0 amide bonds. The highest BCUT2D eigenvalue weighted by Crippen LogP contribution is 2.44. The Morgan fingerprint density at radius 1 is 0.795 bits per heavy atom. The summed E-state index contributed by atoms with van der Waals surface area (Å²) in [5.74, 6) is 3.41. The van der Waals surface area contributed by atoms with E-state index >= 15 is 0 Å². The lowest BCUT2D eigenvalue weighted by molar-refractivity contribution is -0.165. The maximum Gasteiger partial charge on any atom is 0.317 e. The van der Waals surface area contributed by atoms with Gasteiger partial charge in [0, 0.05) is 6.42 Å². The lowest BCUT2D eigenvalue weighted by Gasteiger charge is -2.40. The number of carbonyl (C=O) groups is 1. The molecule has 0 N–H and O–H groups in total. The zero-order valence-electron chi connectivity index (χ0n) is 26.4. The van der Waals surface area contributed by atoms with Crippen molar-refractivity contribution in [3.63, 3.8) is 0 Å². The van der Waals surface area contributed by atoms with Gasteiger partial charge in [0.25, 0.3) is 0 Å². The largest absolute Gasteiger partial charge is 0.465 e. The van der Waals surface area contributed by atoms with Gasteiger partial charge in [0.15, 0.2) is 0 Å². The third kappa shape index (κ3) is 9.23. The number of ether oxygens (including phenoxy) is 3. The highest BCUT2D eigenvalue weighted by atomic mass is 16.7. The zero-order valence-corrected chi connectivity index (χ0v) is 26.4. The fourth-order valence-electron chi connectivity index (χ4n) is 6.87. The first kappa shape index (κ1) is 32.0. The highest BCUT2D eigenvalue weighted by Gasteiger charge is 2.45. The number of hydrogen-bond acceptors (Lipinski definition) is 4. The average Bonchev–Trinajstić information content (AvgIpc) is 2.88. The van der Waals surface area contributed by atoms with Gasteiger partial charge >= 0.3 is 5.97 Å². The molecule has 0 bridgehead atoms. The van der Waals surface area contributed by atoms with Gasteiger partial charge < -0.3 is 14.2 Å². The molecule has 2 aliphatic rings. The molecule has 0 aromatic heterocycles. The van der Waals surface area contributed by atoms with Crippen LogP contribution in [0.15, 0.2) is 24.3 Å². The van der Waals surface area contributed by atoms with Crippen LogP contribution in [0.25, 0.3) is 0 Å². The predicted molar refractivity (Wildman–Crippen MR) is 161 cm³/mol. The van der Waals surface area contributed by atoms with E-state index in [1.165, 1.54) is 64.2 Å². The minimum Gasteiger partial charge on any atom is -0.465 e. The third-order valence-electron chi connectivity index (χ3n) is 9.62. The van der Waals surface area contributed by atoms with Crippen molar-refractivity contribution in [2.24, 2.45) is 28.6 Å². The number of hydrogen-bond donors (Lipinski definition) is 0. The van der Waals surface area contributed by atoms with Crippen molar-refractivity contribution in [1.82, 2.24) is 0 Å². The summed E-state index contributed by atoms with van der Waals surface area (Å²) < 4.78 is 19.0. The van der Waals surface area contributed by atoms with E-state index in [-0.39, 0.29) is 23.3 Å². The third-order valence-corrected chi connectivity index (χ3v) is 9.62. The summed E-state index contributed by atoms with van der Waals surface area (Å²) in [5, 5.41) is 0. The molecule has 0 aliphatic heterocycles. The van der Waals surface area contributed by atoms with Crippen molar-refractivity contribution in [3.8, 4) is 11.5 Å². The molecule has 2 saturated carbocycles. The van der Waals surface area contributed by atoms with Crippen molar-refractivity contribution in [2.75, 3.05) is 0 Å². The summed E-state index contributed by atoms with van der Waals surface area (Å²) in [6.45, 7) is 16.8. The van der Waals surface area contributed by atoms with Crippen LogP contribution in [-0.4, -0.2) is 17.9 Å². The van der Waals surface area contributed by atoms with Crippen LogP contribution < -0.4 is 9.47 Å². The van der Waals surface area contributed by atoms with Gasteiger partial charge in [0.05, 0.1) is 11.0 Å². The number of carbonyl (C=O) groups excluding carboxylic acids is 1. The van der Waals surface area contributed by atoms with Gasteiger partial charge in [-0.3, -0.25) is 4.79 Å². The van der Waals surface area contributed by atoms with Crippen LogP contribution >= 0.6 is 0 Å². The summed E-state index contributed by atoms with van der Waals surface area (Å²) >= 11 is 0. The Labute approximate surface area is 240 Å². The molecular formula is C35H58O4. The Morgan fingerprint density at radius 3 is 1.72 bits per heavy atom. The van der Waals surface area contributed by atoms with Crippen molar-refractivity contribution in [3.05, 3.63) is 24.3 Å². The molecule has 4 nitrogen and oxygen atoms in total. The van der Waals surface area contributed by atoms with E-state index in [0.717, 1.165) is 36.8 Å². The van der Waals surface area contributed by atoms with E-state index in [2.05, 4.69) is 48.5 Å². The topological polar surface area (TPSA) is 44.8 Å². The summed E-state index contributed by atoms with van der Waals surface area (Å²) in [6, 6.07) is 7.56. The molecule has 4 heteroatoms. The Hall–Kier alpha value is -1.55. The first-order valence-electron chi connectivity index (χ1n) is 16.0. The van der Waals surface area contributed by atoms with Crippen LogP contribution in [0, 0.1) is 28.6 Å². The van der Waals surface area contributed by atoms with E-state index in [1.54, 1.807) is 0 Å². The summed E-state index contributed by atoms with van der Waals surface area (Å²) in [6.07, 6.45) is 16.1. The molecular weight excluding hydrogens is 484 g/mol. The molecule has 2 atom stereocenters. The van der Waals surface area contributed by atoms with Gasteiger partial charge in [0.1, 0.15) is 11.5 Å². The quantitative estimate of drug-likeness (QED) is 0.158. The second-order valence-electron chi connectivity index (χ2n) is 14.7. The van der Waals surface area contributed by atoms with E-state index in [1.807, 2.05) is 31.2 Å². The molecule has 1 aromatic rings. The Kier molecular flexibility index (Phi) is 11.4. The van der Waals surface area contributed by atoms with Crippen LogP contribution in [0.5, 0.6) is 11.5 Å². The fourth-order valence-corrected chi connectivity index (χ4v) is 6.87. The van der Waals surface area contributed by atoms with Crippen LogP contribution in [0.2, 0.25) is 0 Å². The van der Waals surface area contributed by atoms with Crippen LogP contribution in [-0.2, 0) is 9.53 Å². The molecule has 1 aromatic carbocycles. The molecule has 2 aliphatic carbocycles. The maximum absolute atomic E-state index is 13.2. The van der Waals surface area contributed by atoms with Gasteiger partial charge in [0.2, 0.25) is 6.29 Å². The molecule has 3 rings (SSSR count). The average molecular weight is 543 g/mol. The Balaban J connectivity index is 1.73. The number of rotatable bonds is 11. The summed E-state index contributed by atoms with van der Waals surface area (Å²) in [4.78, 5) is 13.2. The normalized spacial score (nSPS) is 20.4. The second kappa shape index (κ2) is 13.9. The summed E-state index contributed by atoms with van der Waals surface area (Å²) in [5.41, 5.74) is -1.02. The van der Waals surface area contributed by atoms with Gasteiger partial charge in [-0.05, 0) is 81.5 Å². The molecule has 0 spiro atoms. The molecule has 39 heavy (non-hydrogen) atoms.